The summed E-state index contributed by atoms with van der Waals surface area (Å²) in [7, 11) is 0. The molecule has 3 aromatic rings. The third-order valence-corrected chi connectivity index (χ3v) is 5.45. The summed E-state index contributed by atoms with van der Waals surface area (Å²) in [6.07, 6.45) is 0. The Morgan fingerprint density at radius 3 is 2.85 bits per heavy atom. The van der Waals surface area contributed by atoms with Gasteiger partial charge in [-0.3, -0.25) is 4.79 Å². The number of hydrogen-bond acceptors (Lipinski definition) is 6. The van der Waals surface area contributed by atoms with Crippen LogP contribution in [0.4, 0.5) is 4.39 Å². The topological polar surface area (TPSA) is 77.1 Å². The molecule has 0 aliphatic carbocycles. The molecule has 1 N–H and O–H groups in total. The van der Waals surface area contributed by atoms with Gasteiger partial charge in [0.1, 0.15) is 12.4 Å². The Balaban J connectivity index is 1.46. The van der Waals surface area contributed by atoms with Crippen molar-refractivity contribution >= 4 is 29.0 Å². The van der Waals surface area contributed by atoms with Crippen LogP contribution < -0.4 is 11.1 Å². The van der Waals surface area contributed by atoms with Crippen molar-refractivity contribution in [3.8, 4) is 11.5 Å². The van der Waals surface area contributed by atoms with E-state index in [1.54, 1.807) is 23.1 Å². The monoisotopic (exact) mass is 393 g/mol. The van der Waals surface area contributed by atoms with Crippen LogP contribution in [0, 0.1) is 5.82 Å². The van der Waals surface area contributed by atoms with Crippen LogP contribution in [-0.4, -0.2) is 28.0 Å². The van der Waals surface area contributed by atoms with E-state index in [1.807, 2.05) is 11.4 Å². The average molecular weight is 393 g/mol. The predicted molar refractivity (Wildman–Crippen MR) is 99.6 cm³/mol. The Morgan fingerprint density at radius 2 is 2.12 bits per heavy atom. The van der Waals surface area contributed by atoms with Crippen LogP contribution in [0.3, 0.4) is 0 Å². The van der Waals surface area contributed by atoms with E-state index in [0.717, 1.165) is 16.2 Å². The number of carbonyl (C=O) groups is 1. The van der Waals surface area contributed by atoms with E-state index < -0.39 is 11.6 Å². The van der Waals surface area contributed by atoms with Gasteiger partial charge in [0.15, 0.2) is 0 Å². The maximum Gasteiger partial charge on any atom is 0.437 e. The normalized spacial score (nSPS) is 10.8. The van der Waals surface area contributed by atoms with Gasteiger partial charge in [-0.25, -0.2) is 9.18 Å². The molecule has 136 valence electrons. The van der Waals surface area contributed by atoms with Gasteiger partial charge >= 0.3 is 5.76 Å². The van der Waals surface area contributed by atoms with Crippen molar-refractivity contribution in [2.45, 2.75) is 12.3 Å². The number of thiophene rings is 1. The largest absolute Gasteiger partial charge is 0.437 e. The van der Waals surface area contributed by atoms with Crippen LogP contribution in [0.15, 0.2) is 51.0 Å². The van der Waals surface area contributed by atoms with Crippen molar-refractivity contribution in [3.05, 3.63) is 63.0 Å². The summed E-state index contributed by atoms with van der Waals surface area (Å²) >= 11 is 3.43. The number of thioether (sulfide) groups is 1. The zero-order valence-electron chi connectivity index (χ0n) is 13.7. The molecule has 3 rings (SSSR count). The molecule has 0 unspecified atom stereocenters. The number of rotatable bonds is 8. The average Bonchev–Trinajstić information content (AvgIpc) is 3.26. The Hall–Kier alpha value is -2.39. The third kappa shape index (κ3) is 5.06. The van der Waals surface area contributed by atoms with E-state index in [9.17, 15) is 14.0 Å². The van der Waals surface area contributed by atoms with Crippen LogP contribution in [0.5, 0.6) is 0 Å². The maximum absolute atomic E-state index is 12.9. The van der Waals surface area contributed by atoms with Gasteiger partial charge in [0.2, 0.25) is 11.8 Å². The van der Waals surface area contributed by atoms with Crippen LogP contribution in [0.2, 0.25) is 0 Å². The summed E-state index contributed by atoms with van der Waals surface area (Å²) in [6, 6.07) is 9.49. The Morgan fingerprint density at radius 1 is 1.31 bits per heavy atom. The molecular weight excluding hydrogens is 377 g/mol. The van der Waals surface area contributed by atoms with Crippen LogP contribution >= 0.6 is 23.1 Å². The molecule has 0 spiro atoms. The molecule has 0 bridgehead atoms. The first kappa shape index (κ1) is 18.4. The molecule has 0 radical (unpaired) electrons. The first-order chi connectivity index (χ1) is 12.6. The lowest BCUT2D eigenvalue weighted by atomic mass is 10.2. The van der Waals surface area contributed by atoms with Gasteiger partial charge in [-0.15, -0.1) is 16.4 Å². The lowest BCUT2D eigenvalue weighted by Gasteiger charge is -2.04. The lowest BCUT2D eigenvalue weighted by molar-refractivity contribution is -0.121. The van der Waals surface area contributed by atoms with E-state index in [-0.39, 0.29) is 18.3 Å². The van der Waals surface area contributed by atoms with E-state index in [1.165, 1.54) is 29.1 Å². The number of benzene rings is 1. The highest BCUT2D eigenvalue weighted by atomic mass is 32.2. The first-order valence-electron chi connectivity index (χ1n) is 7.82. The summed E-state index contributed by atoms with van der Waals surface area (Å²) < 4.78 is 18.9. The Kier molecular flexibility index (Phi) is 6.24. The molecule has 1 amide bonds. The van der Waals surface area contributed by atoms with Crippen LogP contribution in [0.25, 0.3) is 11.5 Å². The Bertz CT molecular complexity index is 904. The van der Waals surface area contributed by atoms with Crippen LogP contribution in [0.1, 0.15) is 4.88 Å². The van der Waals surface area contributed by atoms with Gasteiger partial charge in [0.05, 0.1) is 0 Å². The fraction of sp³-hybridized carbons (Fsp3) is 0.235. The van der Waals surface area contributed by atoms with E-state index >= 15 is 0 Å². The highest BCUT2D eigenvalue weighted by Gasteiger charge is 2.13. The van der Waals surface area contributed by atoms with Gasteiger partial charge in [0, 0.05) is 28.5 Å². The fourth-order valence-electron chi connectivity index (χ4n) is 2.14. The molecular formula is C17H16FN3O3S2. The Labute approximate surface area is 157 Å². The molecule has 2 heterocycles. The first-order valence-corrected chi connectivity index (χ1v) is 9.86. The quantitative estimate of drug-likeness (QED) is 0.596. The van der Waals surface area contributed by atoms with Crippen molar-refractivity contribution in [1.82, 2.24) is 15.1 Å². The van der Waals surface area contributed by atoms with E-state index in [0.29, 0.717) is 12.1 Å². The van der Waals surface area contributed by atoms with E-state index in [4.69, 9.17) is 4.42 Å². The minimum absolute atomic E-state index is 0.0503. The van der Waals surface area contributed by atoms with Crippen molar-refractivity contribution in [2.24, 2.45) is 0 Å². The third-order valence-electron chi connectivity index (χ3n) is 3.38. The number of halogens is 1. The van der Waals surface area contributed by atoms with Gasteiger partial charge < -0.3 is 9.73 Å². The zero-order valence-corrected chi connectivity index (χ0v) is 15.3. The van der Waals surface area contributed by atoms with Gasteiger partial charge in [-0.2, -0.15) is 16.4 Å². The van der Waals surface area contributed by atoms with Crippen molar-refractivity contribution in [1.29, 1.82) is 0 Å². The lowest BCUT2D eigenvalue weighted by Crippen LogP contribution is -2.32. The molecule has 6 nitrogen and oxygen atoms in total. The summed E-state index contributed by atoms with van der Waals surface area (Å²) in [5, 5.41) is 8.76. The summed E-state index contributed by atoms with van der Waals surface area (Å²) in [6.45, 7) is 0.283. The minimum Gasteiger partial charge on any atom is -0.388 e. The van der Waals surface area contributed by atoms with Gasteiger partial charge in [-0.05, 0) is 35.7 Å². The molecule has 0 fully saturated rings. The van der Waals surface area contributed by atoms with Gasteiger partial charge in [0.25, 0.3) is 0 Å². The second kappa shape index (κ2) is 8.81. The predicted octanol–water partition coefficient (Wildman–Crippen LogP) is 2.75. The summed E-state index contributed by atoms with van der Waals surface area (Å²) in [5.41, 5.74) is 0.465. The minimum atomic E-state index is -0.730. The number of nitrogens with one attached hydrogen (secondary N) is 1. The number of nitrogens with zero attached hydrogens (tertiary/aromatic N) is 2. The standard InChI is InChI=1S/C17H16FN3O3S2/c18-13-5-3-12(4-6-13)16-20-21(17(23)24-16)10-15(22)19-7-9-25-11-14-2-1-8-26-14/h1-6,8H,7,9-11H2,(H,19,22). The second-order valence-electron chi connectivity index (χ2n) is 5.32. The molecule has 2 aromatic heterocycles. The highest BCUT2D eigenvalue weighted by Crippen LogP contribution is 2.17. The number of amides is 1. The van der Waals surface area contributed by atoms with E-state index in [2.05, 4.69) is 16.5 Å². The van der Waals surface area contributed by atoms with Crippen molar-refractivity contribution < 1.29 is 13.6 Å². The number of hydrogen-bond donors (Lipinski definition) is 1. The highest BCUT2D eigenvalue weighted by molar-refractivity contribution is 7.98. The molecule has 0 atom stereocenters. The second-order valence-corrected chi connectivity index (χ2v) is 7.46. The van der Waals surface area contributed by atoms with Crippen LogP contribution in [-0.2, 0) is 17.1 Å². The number of aromatic nitrogens is 2. The molecule has 0 aliphatic heterocycles. The van der Waals surface area contributed by atoms with Gasteiger partial charge in [-0.1, -0.05) is 6.07 Å². The molecule has 0 saturated carbocycles. The fourth-order valence-corrected chi connectivity index (χ4v) is 3.84. The summed E-state index contributed by atoms with van der Waals surface area (Å²) in [4.78, 5) is 25.0. The van der Waals surface area contributed by atoms with Crippen molar-refractivity contribution in [2.75, 3.05) is 12.3 Å². The molecule has 9 heteroatoms. The molecule has 26 heavy (non-hydrogen) atoms. The van der Waals surface area contributed by atoms with Crippen molar-refractivity contribution in [3.63, 3.8) is 0 Å². The molecule has 1 aromatic carbocycles. The maximum atomic E-state index is 12.9. The molecule has 0 aliphatic rings. The zero-order chi connectivity index (χ0) is 18.4. The SMILES string of the molecule is O=C(Cn1nc(-c2ccc(F)cc2)oc1=O)NCCSCc1cccs1. The smallest absolute Gasteiger partial charge is 0.388 e. The number of carbonyl (C=O) groups excluding carboxylic acids is 1. The molecule has 0 saturated heterocycles. The summed E-state index contributed by atoms with van der Waals surface area (Å²) in [5.74, 6) is 0.297.